The van der Waals surface area contributed by atoms with Gasteiger partial charge in [0.05, 0.1) is 5.02 Å². The average molecular weight is 202 g/mol. The average Bonchev–Trinajstić information content (AvgIpc) is 2.13. The van der Waals surface area contributed by atoms with Crippen molar-refractivity contribution in [3.05, 3.63) is 34.6 Å². The van der Waals surface area contributed by atoms with Crippen LogP contribution in [0.1, 0.15) is 24.9 Å². The number of hydrogen-bond acceptors (Lipinski definition) is 1. The molecule has 1 N–H and O–H groups in total. The number of rotatable bonds is 3. The van der Waals surface area contributed by atoms with Gasteiger partial charge >= 0.3 is 0 Å². The Morgan fingerprint density at radius 1 is 1.54 bits per heavy atom. The minimum Gasteiger partial charge on any atom is -0.313 e. The van der Waals surface area contributed by atoms with Crippen LogP contribution in [0.5, 0.6) is 0 Å². The van der Waals surface area contributed by atoms with Crippen molar-refractivity contribution in [3.8, 4) is 0 Å². The molecule has 72 valence electrons. The van der Waals surface area contributed by atoms with Crippen LogP contribution in [0, 0.1) is 5.82 Å². The quantitative estimate of drug-likeness (QED) is 0.792. The number of benzene rings is 1. The highest BCUT2D eigenvalue weighted by Crippen LogP contribution is 2.22. The highest BCUT2D eigenvalue weighted by molar-refractivity contribution is 6.30. The third-order valence-corrected chi connectivity index (χ3v) is 2.39. The molecule has 0 amide bonds. The fourth-order valence-electron chi connectivity index (χ4n) is 1.34. The fraction of sp³-hybridized carbons (Fsp3) is 0.400. The Labute approximate surface area is 82.9 Å². The normalized spacial score (nSPS) is 12.9. The first kappa shape index (κ1) is 10.5. The van der Waals surface area contributed by atoms with Crippen molar-refractivity contribution in [2.45, 2.75) is 19.4 Å². The van der Waals surface area contributed by atoms with E-state index in [-0.39, 0.29) is 16.9 Å². The molecule has 1 aromatic rings. The summed E-state index contributed by atoms with van der Waals surface area (Å²) in [6, 6.07) is 5.07. The summed E-state index contributed by atoms with van der Waals surface area (Å²) in [6.07, 6.45) is 0.957. The van der Waals surface area contributed by atoms with Crippen LogP contribution in [0.3, 0.4) is 0 Å². The molecule has 3 heteroatoms. The van der Waals surface area contributed by atoms with Gasteiger partial charge in [-0.1, -0.05) is 24.6 Å². The van der Waals surface area contributed by atoms with E-state index >= 15 is 0 Å². The number of nitrogens with one attached hydrogen (secondary N) is 1. The van der Waals surface area contributed by atoms with E-state index < -0.39 is 0 Å². The molecule has 0 spiro atoms. The molecule has 1 unspecified atom stereocenters. The molecule has 0 aromatic heterocycles. The standard InChI is InChI=1S/C10H13ClFN/c1-3-10(13-2)7-4-5-9(12)8(11)6-7/h4-6,10,13H,3H2,1-2H3. The Morgan fingerprint density at radius 3 is 2.69 bits per heavy atom. The monoisotopic (exact) mass is 201 g/mol. The lowest BCUT2D eigenvalue weighted by Gasteiger charge is -2.14. The Bertz CT molecular complexity index is 284. The summed E-state index contributed by atoms with van der Waals surface area (Å²) in [7, 11) is 1.88. The first-order chi connectivity index (χ1) is 6.19. The van der Waals surface area contributed by atoms with Gasteiger partial charge in [0.2, 0.25) is 0 Å². The molecular weight excluding hydrogens is 189 g/mol. The first-order valence-corrected chi connectivity index (χ1v) is 4.69. The summed E-state index contributed by atoms with van der Waals surface area (Å²) in [5.41, 5.74) is 1.02. The molecule has 0 radical (unpaired) electrons. The third kappa shape index (κ3) is 2.42. The maximum atomic E-state index is 12.8. The summed E-state index contributed by atoms with van der Waals surface area (Å²) in [5.74, 6) is -0.364. The predicted octanol–water partition coefficient (Wildman–Crippen LogP) is 3.15. The van der Waals surface area contributed by atoms with E-state index in [1.165, 1.54) is 6.07 Å². The van der Waals surface area contributed by atoms with E-state index in [2.05, 4.69) is 12.2 Å². The van der Waals surface area contributed by atoms with E-state index in [1.807, 2.05) is 7.05 Å². The Kier molecular flexibility index (Phi) is 3.70. The van der Waals surface area contributed by atoms with Crippen molar-refractivity contribution in [1.82, 2.24) is 5.32 Å². The SMILES string of the molecule is CCC(NC)c1ccc(F)c(Cl)c1. The van der Waals surface area contributed by atoms with Crippen molar-refractivity contribution in [2.75, 3.05) is 7.05 Å². The third-order valence-electron chi connectivity index (χ3n) is 2.10. The van der Waals surface area contributed by atoms with Gasteiger partial charge in [-0.3, -0.25) is 0 Å². The van der Waals surface area contributed by atoms with Crippen LogP contribution in [0.25, 0.3) is 0 Å². The fourth-order valence-corrected chi connectivity index (χ4v) is 1.52. The van der Waals surface area contributed by atoms with Crippen molar-refractivity contribution in [3.63, 3.8) is 0 Å². The molecule has 0 heterocycles. The topological polar surface area (TPSA) is 12.0 Å². The minimum absolute atomic E-state index is 0.186. The van der Waals surface area contributed by atoms with Crippen LogP contribution in [-0.2, 0) is 0 Å². The Balaban J connectivity index is 2.95. The highest BCUT2D eigenvalue weighted by Gasteiger charge is 2.08. The smallest absolute Gasteiger partial charge is 0.141 e. The van der Waals surface area contributed by atoms with Gasteiger partial charge in [0.25, 0.3) is 0 Å². The zero-order valence-electron chi connectivity index (χ0n) is 7.77. The van der Waals surface area contributed by atoms with Crippen LogP contribution in [0.15, 0.2) is 18.2 Å². The van der Waals surface area contributed by atoms with Crippen molar-refractivity contribution < 1.29 is 4.39 Å². The summed E-state index contributed by atoms with van der Waals surface area (Å²) in [6.45, 7) is 2.07. The van der Waals surface area contributed by atoms with Crippen molar-refractivity contribution >= 4 is 11.6 Å². The largest absolute Gasteiger partial charge is 0.313 e. The molecule has 13 heavy (non-hydrogen) atoms. The number of hydrogen-bond donors (Lipinski definition) is 1. The maximum Gasteiger partial charge on any atom is 0.141 e. The van der Waals surface area contributed by atoms with Gasteiger partial charge in [-0.05, 0) is 31.2 Å². The summed E-state index contributed by atoms with van der Waals surface area (Å²) >= 11 is 5.67. The van der Waals surface area contributed by atoms with Gasteiger partial charge in [-0.25, -0.2) is 4.39 Å². The van der Waals surface area contributed by atoms with E-state index in [9.17, 15) is 4.39 Å². The summed E-state index contributed by atoms with van der Waals surface area (Å²) < 4.78 is 12.8. The number of halogens is 2. The molecule has 0 aliphatic carbocycles. The second-order valence-electron chi connectivity index (χ2n) is 2.92. The first-order valence-electron chi connectivity index (χ1n) is 4.31. The second-order valence-corrected chi connectivity index (χ2v) is 3.33. The predicted molar refractivity (Wildman–Crippen MR) is 53.5 cm³/mol. The van der Waals surface area contributed by atoms with Crippen LogP contribution >= 0.6 is 11.6 Å². The summed E-state index contributed by atoms with van der Waals surface area (Å²) in [5, 5.41) is 3.32. The zero-order valence-corrected chi connectivity index (χ0v) is 8.53. The summed E-state index contributed by atoms with van der Waals surface area (Å²) in [4.78, 5) is 0. The maximum absolute atomic E-state index is 12.8. The van der Waals surface area contributed by atoms with E-state index in [1.54, 1.807) is 12.1 Å². The molecule has 1 atom stereocenters. The van der Waals surface area contributed by atoms with Crippen LogP contribution < -0.4 is 5.32 Å². The molecule has 1 nitrogen and oxygen atoms in total. The van der Waals surface area contributed by atoms with Crippen LogP contribution in [0.2, 0.25) is 5.02 Å². The lowest BCUT2D eigenvalue weighted by Crippen LogP contribution is -2.15. The molecule has 1 aromatic carbocycles. The van der Waals surface area contributed by atoms with Gasteiger partial charge in [0, 0.05) is 6.04 Å². The zero-order chi connectivity index (χ0) is 9.84. The van der Waals surface area contributed by atoms with Gasteiger partial charge in [-0.15, -0.1) is 0 Å². The van der Waals surface area contributed by atoms with E-state index in [0.29, 0.717) is 0 Å². The molecule has 1 rings (SSSR count). The van der Waals surface area contributed by atoms with Gasteiger partial charge in [0.1, 0.15) is 5.82 Å². The molecular formula is C10H13ClFN. The van der Waals surface area contributed by atoms with Crippen molar-refractivity contribution in [2.24, 2.45) is 0 Å². The van der Waals surface area contributed by atoms with Crippen molar-refractivity contribution in [1.29, 1.82) is 0 Å². The molecule has 0 aliphatic rings. The minimum atomic E-state index is -0.364. The Morgan fingerprint density at radius 2 is 2.23 bits per heavy atom. The molecule has 0 saturated carbocycles. The molecule has 0 fully saturated rings. The highest BCUT2D eigenvalue weighted by atomic mass is 35.5. The second kappa shape index (κ2) is 4.58. The van der Waals surface area contributed by atoms with Crippen LogP contribution in [-0.4, -0.2) is 7.05 Å². The van der Waals surface area contributed by atoms with Gasteiger partial charge < -0.3 is 5.32 Å². The van der Waals surface area contributed by atoms with E-state index in [0.717, 1.165) is 12.0 Å². The molecule has 0 aliphatic heterocycles. The molecule has 0 saturated heterocycles. The van der Waals surface area contributed by atoms with Crippen LogP contribution in [0.4, 0.5) is 4.39 Å². The van der Waals surface area contributed by atoms with Gasteiger partial charge in [0.15, 0.2) is 0 Å². The van der Waals surface area contributed by atoms with Gasteiger partial charge in [-0.2, -0.15) is 0 Å². The Hall–Kier alpha value is -0.600. The lowest BCUT2D eigenvalue weighted by atomic mass is 10.1. The molecule has 0 bridgehead atoms. The lowest BCUT2D eigenvalue weighted by molar-refractivity contribution is 0.572. The van der Waals surface area contributed by atoms with E-state index in [4.69, 9.17) is 11.6 Å².